The number of para-hydroxylation sites is 1. The Kier molecular flexibility index (Phi) is 3.44. The van der Waals surface area contributed by atoms with E-state index < -0.39 is 5.82 Å². The van der Waals surface area contributed by atoms with Crippen molar-refractivity contribution in [1.29, 1.82) is 0 Å². The molecule has 2 rings (SSSR count). The van der Waals surface area contributed by atoms with Gasteiger partial charge in [0.2, 0.25) is 0 Å². The van der Waals surface area contributed by atoms with E-state index in [-0.39, 0.29) is 5.75 Å². The maximum absolute atomic E-state index is 13.0. The van der Waals surface area contributed by atoms with E-state index in [9.17, 15) is 9.50 Å². The number of aromatic hydroxyl groups is 1. The summed E-state index contributed by atoms with van der Waals surface area (Å²) in [4.78, 5) is 0. The molecule has 0 amide bonds. The van der Waals surface area contributed by atoms with Gasteiger partial charge in [0.1, 0.15) is 0 Å². The molecular weight excluding hydrogens is 205 g/mol. The second-order valence-corrected chi connectivity index (χ2v) is 4.52. The summed E-state index contributed by atoms with van der Waals surface area (Å²) >= 11 is 0. The SMILES string of the molecule is CCCC1CC1NCc1cccc(F)c1O. The van der Waals surface area contributed by atoms with Gasteiger partial charge in [-0.2, -0.15) is 0 Å². The minimum Gasteiger partial charge on any atom is -0.505 e. The molecule has 2 N–H and O–H groups in total. The minimum absolute atomic E-state index is 0.220. The number of hydrogen-bond acceptors (Lipinski definition) is 2. The third-order valence-corrected chi connectivity index (χ3v) is 3.21. The second kappa shape index (κ2) is 4.83. The fourth-order valence-corrected chi connectivity index (χ4v) is 2.13. The zero-order chi connectivity index (χ0) is 11.5. The average Bonchev–Trinajstić information content (AvgIpc) is 3.00. The summed E-state index contributed by atoms with van der Waals surface area (Å²) in [6, 6.07) is 5.21. The predicted octanol–water partition coefficient (Wildman–Crippen LogP) is 2.81. The molecule has 2 unspecified atom stereocenters. The van der Waals surface area contributed by atoms with Gasteiger partial charge in [0, 0.05) is 18.2 Å². The van der Waals surface area contributed by atoms with Gasteiger partial charge in [0.25, 0.3) is 0 Å². The van der Waals surface area contributed by atoms with Crippen molar-refractivity contribution in [3.63, 3.8) is 0 Å². The van der Waals surface area contributed by atoms with Gasteiger partial charge in [-0.1, -0.05) is 25.5 Å². The lowest BCUT2D eigenvalue weighted by molar-refractivity contribution is 0.422. The summed E-state index contributed by atoms with van der Waals surface area (Å²) in [5, 5.41) is 12.8. The number of rotatable bonds is 5. The summed E-state index contributed by atoms with van der Waals surface area (Å²) < 4.78 is 13.0. The van der Waals surface area contributed by atoms with Crippen molar-refractivity contribution in [2.75, 3.05) is 0 Å². The Morgan fingerprint density at radius 2 is 2.31 bits per heavy atom. The summed E-state index contributed by atoms with van der Waals surface area (Å²) in [6.45, 7) is 2.74. The summed E-state index contributed by atoms with van der Waals surface area (Å²) in [5.74, 6) is 0.0172. The normalized spacial score (nSPS) is 23.4. The van der Waals surface area contributed by atoms with Crippen LogP contribution in [-0.2, 0) is 6.54 Å². The van der Waals surface area contributed by atoms with Gasteiger partial charge >= 0.3 is 0 Å². The van der Waals surface area contributed by atoms with Crippen molar-refractivity contribution < 1.29 is 9.50 Å². The van der Waals surface area contributed by atoms with Crippen LogP contribution in [0, 0.1) is 11.7 Å². The summed E-state index contributed by atoms with van der Waals surface area (Å²) in [5.41, 5.74) is 0.641. The molecule has 0 aromatic heterocycles. The molecule has 0 radical (unpaired) electrons. The number of phenols is 1. The molecule has 1 aromatic rings. The Hall–Kier alpha value is -1.09. The Bertz CT molecular complexity index is 367. The molecule has 0 saturated heterocycles. The first-order chi connectivity index (χ1) is 7.72. The Balaban J connectivity index is 1.84. The average molecular weight is 223 g/mol. The fourth-order valence-electron chi connectivity index (χ4n) is 2.13. The van der Waals surface area contributed by atoms with Gasteiger partial charge in [-0.3, -0.25) is 0 Å². The number of hydrogen-bond donors (Lipinski definition) is 2. The molecule has 1 fully saturated rings. The first kappa shape index (κ1) is 11.4. The van der Waals surface area contributed by atoms with E-state index in [0.717, 1.165) is 5.92 Å². The fraction of sp³-hybridized carbons (Fsp3) is 0.538. The lowest BCUT2D eigenvalue weighted by Gasteiger charge is -2.06. The van der Waals surface area contributed by atoms with Crippen LogP contribution in [0.15, 0.2) is 18.2 Å². The molecule has 16 heavy (non-hydrogen) atoms. The standard InChI is InChI=1S/C13H18FNO/c1-2-4-9-7-12(9)15-8-10-5-3-6-11(14)13(10)16/h3,5-6,9,12,15-16H,2,4,7-8H2,1H3. The molecule has 0 bridgehead atoms. The third kappa shape index (κ3) is 2.53. The van der Waals surface area contributed by atoms with Crippen molar-refractivity contribution in [2.24, 2.45) is 5.92 Å². The van der Waals surface area contributed by atoms with Crippen LogP contribution in [0.4, 0.5) is 4.39 Å². The highest BCUT2D eigenvalue weighted by molar-refractivity contribution is 5.33. The quantitative estimate of drug-likeness (QED) is 0.804. The molecule has 0 heterocycles. The van der Waals surface area contributed by atoms with Gasteiger partial charge in [-0.05, 0) is 24.8 Å². The Labute approximate surface area is 95.5 Å². The third-order valence-electron chi connectivity index (χ3n) is 3.21. The number of benzene rings is 1. The molecular formula is C13H18FNO. The minimum atomic E-state index is -0.541. The molecule has 0 spiro atoms. The molecule has 0 aliphatic heterocycles. The van der Waals surface area contributed by atoms with Crippen LogP contribution in [0.3, 0.4) is 0 Å². The molecule has 88 valence electrons. The van der Waals surface area contributed by atoms with E-state index in [4.69, 9.17) is 0 Å². The monoisotopic (exact) mass is 223 g/mol. The predicted molar refractivity (Wildman–Crippen MR) is 61.7 cm³/mol. The topological polar surface area (TPSA) is 32.3 Å². The highest BCUT2D eigenvalue weighted by Crippen LogP contribution is 2.35. The first-order valence-corrected chi connectivity index (χ1v) is 5.92. The smallest absolute Gasteiger partial charge is 0.165 e. The highest BCUT2D eigenvalue weighted by atomic mass is 19.1. The lowest BCUT2D eigenvalue weighted by atomic mass is 10.2. The van der Waals surface area contributed by atoms with E-state index in [1.165, 1.54) is 25.3 Å². The molecule has 1 aliphatic carbocycles. The van der Waals surface area contributed by atoms with Crippen molar-refractivity contribution in [1.82, 2.24) is 5.32 Å². The maximum Gasteiger partial charge on any atom is 0.165 e. The Morgan fingerprint density at radius 3 is 3.06 bits per heavy atom. The zero-order valence-corrected chi connectivity index (χ0v) is 9.54. The molecule has 2 nitrogen and oxygen atoms in total. The van der Waals surface area contributed by atoms with Gasteiger partial charge < -0.3 is 10.4 Å². The van der Waals surface area contributed by atoms with Crippen LogP contribution in [0.1, 0.15) is 31.7 Å². The second-order valence-electron chi connectivity index (χ2n) is 4.52. The summed E-state index contributed by atoms with van der Waals surface area (Å²) in [7, 11) is 0. The van der Waals surface area contributed by atoms with E-state index in [2.05, 4.69) is 12.2 Å². The van der Waals surface area contributed by atoms with Gasteiger partial charge in [0.15, 0.2) is 11.6 Å². The molecule has 2 atom stereocenters. The molecule has 3 heteroatoms. The van der Waals surface area contributed by atoms with E-state index in [1.807, 2.05) is 0 Å². The van der Waals surface area contributed by atoms with Crippen LogP contribution >= 0.6 is 0 Å². The van der Waals surface area contributed by atoms with Crippen LogP contribution < -0.4 is 5.32 Å². The largest absolute Gasteiger partial charge is 0.505 e. The van der Waals surface area contributed by atoms with Crippen LogP contribution in [0.25, 0.3) is 0 Å². The van der Waals surface area contributed by atoms with Crippen LogP contribution in [0.2, 0.25) is 0 Å². The van der Waals surface area contributed by atoms with Crippen molar-refractivity contribution in [3.8, 4) is 5.75 Å². The molecule has 1 aliphatic rings. The van der Waals surface area contributed by atoms with Gasteiger partial charge in [0.05, 0.1) is 0 Å². The maximum atomic E-state index is 13.0. The zero-order valence-electron chi connectivity index (χ0n) is 9.54. The van der Waals surface area contributed by atoms with E-state index >= 15 is 0 Å². The van der Waals surface area contributed by atoms with Crippen molar-refractivity contribution >= 4 is 0 Å². The van der Waals surface area contributed by atoms with E-state index in [0.29, 0.717) is 18.2 Å². The lowest BCUT2D eigenvalue weighted by Crippen LogP contribution is -2.17. The van der Waals surface area contributed by atoms with Crippen LogP contribution in [0.5, 0.6) is 5.75 Å². The molecule has 1 aromatic carbocycles. The van der Waals surface area contributed by atoms with Crippen molar-refractivity contribution in [3.05, 3.63) is 29.6 Å². The Morgan fingerprint density at radius 1 is 1.50 bits per heavy atom. The number of phenolic OH excluding ortho intramolecular Hbond substituents is 1. The van der Waals surface area contributed by atoms with Gasteiger partial charge in [-0.25, -0.2) is 4.39 Å². The van der Waals surface area contributed by atoms with Crippen molar-refractivity contribution in [2.45, 2.75) is 38.8 Å². The van der Waals surface area contributed by atoms with Crippen LogP contribution in [-0.4, -0.2) is 11.1 Å². The summed E-state index contributed by atoms with van der Waals surface area (Å²) in [6.07, 6.45) is 3.69. The number of nitrogens with one attached hydrogen (secondary N) is 1. The van der Waals surface area contributed by atoms with E-state index in [1.54, 1.807) is 12.1 Å². The highest BCUT2D eigenvalue weighted by Gasteiger charge is 2.35. The number of halogens is 1. The first-order valence-electron chi connectivity index (χ1n) is 5.92. The van der Waals surface area contributed by atoms with Gasteiger partial charge in [-0.15, -0.1) is 0 Å². The molecule has 1 saturated carbocycles.